The van der Waals surface area contributed by atoms with E-state index in [0.29, 0.717) is 30.1 Å². The highest BCUT2D eigenvalue weighted by molar-refractivity contribution is 6.30. The smallest absolute Gasteiger partial charge is 0.255 e. The topological polar surface area (TPSA) is 60.9 Å². The first kappa shape index (κ1) is 16.8. The van der Waals surface area contributed by atoms with E-state index < -0.39 is 12.0 Å². The molecule has 0 spiro atoms. The molecule has 22 heavy (non-hydrogen) atoms. The summed E-state index contributed by atoms with van der Waals surface area (Å²) in [7, 11) is 1.63. The van der Waals surface area contributed by atoms with Crippen LogP contribution < -0.4 is 0 Å². The van der Waals surface area contributed by atoms with Gasteiger partial charge in [0.1, 0.15) is 0 Å². The van der Waals surface area contributed by atoms with E-state index in [1.807, 2.05) is 0 Å². The molecule has 1 atom stereocenters. The predicted molar refractivity (Wildman–Crippen MR) is 84.5 cm³/mol. The highest BCUT2D eigenvalue weighted by Crippen LogP contribution is 2.19. The maximum atomic E-state index is 12.2. The predicted octanol–water partition coefficient (Wildman–Crippen LogP) is 1.84. The molecule has 120 valence electrons. The van der Waals surface area contributed by atoms with Gasteiger partial charge < -0.3 is 14.9 Å². The number of piperidine rings is 1. The van der Waals surface area contributed by atoms with Gasteiger partial charge >= 0.3 is 0 Å². The third-order valence-corrected chi connectivity index (χ3v) is 4.14. The van der Waals surface area contributed by atoms with E-state index in [4.69, 9.17) is 11.6 Å². The van der Waals surface area contributed by atoms with Gasteiger partial charge in [-0.15, -0.1) is 0 Å². The number of aliphatic hydroxyl groups is 1. The zero-order valence-corrected chi connectivity index (χ0v) is 13.4. The Morgan fingerprint density at radius 1 is 1.45 bits per heavy atom. The minimum absolute atomic E-state index is 0.141. The molecule has 1 aliphatic heterocycles. The first-order valence-electron chi connectivity index (χ1n) is 7.45. The minimum Gasteiger partial charge on any atom is -0.378 e. The van der Waals surface area contributed by atoms with E-state index in [1.165, 1.54) is 4.90 Å². The summed E-state index contributed by atoms with van der Waals surface area (Å²) >= 11 is 5.87. The van der Waals surface area contributed by atoms with Crippen LogP contribution in [0.15, 0.2) is 24.3 Å². The van der Waals surface area contributed by atoms with Gasteiger partial charge in [-0.05, 0) is 30.5 Å². The molecular weight excluding hydrogens is 304 g/mol. The van der Waals surface area contributed by atoms with Gasteiger partial charge in [0.05, 0.1) is 0 Å². The van der Waals surface area contributed by atoms with Crippen molar-refractivity contribution in [3.8, 4) is 0 Å². The number of rotatable bonds is 5. The number of hydrogen-bond donors (Lipinski definition) is 1. The third kappa shape index (κ3) is 4.21. The molecule has 1 saturated heterocycles. The molecule has 6 heteroatoms. The maximum Gasteiger partial charge on any atom is 0.255 e. The van der Waals surface area contributed by atoms with Crippen LogP contribution in [0.5, 0.6) is 0 Å². The molecular formula is C16H21ClN2O3. The molecule has 5 nitrogen and oxygen atoms in total. The van der Waals surface area contributed by atoms with Gasteiger partial charge in [0.15, 0.2) is 6.10 Å². The lowest BCUT2D eigenvalue weighted by Crippen LogP contribution is -2.42. The summed E-state index contributed by atoms with van der Waals surface area (Å²) in [6.45, 7) is 1.66. The van der Waals surface area contributed by atoms with E-state index in [9.17, 15) is 14.7 Å². The molecule has 1 aliphatic rings. The average Bonchev–Trinajstić information content (AvgIpc) is 2.52. The fourth-order valence-electron chi connectivity index (χ4n) is 2.51. The average molecular weight is 325 g/mol. The molecule has 1 N–H and O–H groups in total. The Bertz CT molecular complexity index is 550. The Kier molecular flexibility index (Phi) is 5.80. The van der Waals surface area contributed by atoms with Crippen LogP contribution in [0, 0.1) is 0 Å². The van der Waals surface area contributed by atoms with E-state index in [2.05, 4.69) is 0 Å². The second-order valence-electron chi connectivity index (χ2n) is 5.56. The first-order chi connectivity index (χ1) is 10.5. The van der Waals surface area contributed by atoms with Crippen molar-refractivity contribution in [2.75, 3.05) is 26.7 Å². The van der Waals surface area contributed by atoms with E-state index in [-0.39, 0.29) is 5.91 Å². The van der Waals surface area contributed by atoms with Crippen LogP contribution in [0.3, 0.4) is 0 Å². The molecule has 1 heterocycles. The van der Waals surface area contributed by atoms with E-state index in [1.54, 1.807) is 36.2 Å². The summed E-state index contributed by atoms with van der Waals surface area (Å²) in [5, 5.41) is 10.6. The van der Waals surface area contributed by atoms with Gasteiger partial charge in [-0.1, -0.05) is 23.7 Å². The van der Waals surface area contributed by atoms with Gasteiger partial charge in [0.2, 0.25) is 5.91 Å². The van der Waals surface area contributed by atoms with Crippen molar-refractivity contribution < 1.29 is 14.7 Å². The Morgan fingerprint density at radius 3 is 2.91 bits per heavy atom. The summed E-state index contributed by atoms with van der Waals surface area (Å²) in [5.74, 6) is -0.255. The van der Waals surface area contributed by atoms with Gasteiger partial charge in [0, 0.05) is 38.1 Å². The fourth-order valence-corrected chi connectivity index (χ4v) is 2.71. The number of likely N-dealkylation sites (tertiary alicyclic amines) is 1. The number of nitrogens with zero attached hydrogens (tertiary/aromatic N) is 2. The molecule has 0 bridgehead atoms. The maximum absolute atomic E-state index is 12.2. The molecule has 2 amide bonds. The van der Waals surface area contributed by atoms with Crippen molar-refractivity contribution in [1.82, 2.24) is 9.80 Å². The largest absolute Gasteiger partial charge is 0.378 e. The van der Waals surface area contributed by atoms with Crippen LogP contribution in [0.4, 0.5) is 0 Å². The van der Waals surface area contributed by atoms with Crippen molar-refractivity contribution in [3.63, 3.8) is 0 Å². The van der Waals surface area contributed by atoms with Crippen molar-refractivity contribution in [2.45, 2.75) is 25.4 Å². The zero-order valence-electron chi connectivity index (χ0n) is 12.7. The Morgan fingerprint density at radius 2 is 2.23 bits per heavy atom. The van der Waals surface area contributed by atoms with Gasteiger partial charge in [-0.25, -0.2) is 0 Å². The lowest BCUT2D eigenvalue weighted by Gasteiger charge is -2.29. The van der Waals surface area contributed by atoms with E-state index in [0.717, 1.165) is 19.4 Å². The van der Waals surface area contributed by atoms with Gasteiger partial charge in [0.25, 0.3) is 5.91 Å². The minimum atomic E-state index is -1.24. The van der Waals surface area contributed by atoms with Crippen LogP contribution in [-0.4, -0.2) is 53.4 Å². The number of hydrogen-bond acceptors (Lipinski definition) is 3. The number of halogens is 1. The SMILES string of the molecule is CN(CCN1CCCCC1=O)C(=O)[C@H](O)c1cccc(Cl)c1. The first-order valence-corrected chi connectivity index (χ1v) is 7.83. The number of benzene rings is 1. The number of carbonyl (C=O) groups is 2. The third-order valence-electron chi connectivity index (χ3n) is 3.90. The lowest BCUT2D eigenvalue weighted by molar-refractivity contribution is -0.141. The number of amides is 2. The second-order valence-corrected chi connectivity index (χ2v) is 5.99. The number of carbonyl (C=O) groups excluding carboxylic acids is 2. The summed E-state index contributed by atoms with van der Waals surface area (Å²) in [5.41, 5.74) is 0.471. The highest BCUT2D eigenvalue weighted by Gasteiger charge is 2.23. The molecule has 0 radical (unpaired) electrons. The molecule has 1 aromatic carbocycles. The van der Waals surface area contributed by atoms with E-state index >= 15 is 0 Å². The van der Waals surface area contributed by atoms with Crippen molar-refractivity contribution >= 4 is 23.4 Å². The lowest BCUT2D eigenvalue weighted by atomic mass is 10.1. The molecule has 0 aliphatic carbocycles. The fraction of sp³-hybridized carbons (Fsp3) is 0.500. The second kappa shape index (κ2) is 7.61. The summed E-state index contributed by atoms with van der Waals surface area (Å²) in [6.07, 6.45) is 1.30. The summed E-state index contributed by atoms with van der Waals surface area (Å²) in [6, 6.07) is 6.62. The Hall–Kier alpha value is -1.59. The van der Waals surface area contributed by atoms with Crippen LogP contribution >= 0.6 is 11.6 Å². The van der Waals surface area contributed by atoms with Crippen LogP contribution in [0.2, 0.25) is 5.02 Å². The van der Waals surface area contributed by atoms with Crippen LogP contribution in [-0.2, 0) is 9.59 Å². The summed E-state index contributed by atoms with van der Waals surface area (Å²) in [4.78, 5) is 27.2. The molecule has 1 fully saturated rings. The molecule has 2 rings (SSSR count). The summed E-state index contributed by atoms with van der Waals surface area (Å²) < 4.78 is 0. The normalized spacial score (nSPS) is 16.5. The molecule has 1 aromatic rings. The molecule has 0 saturated carbocycles. The van der Waals surface area contributed by atoms with Crippen molar-refractivity contribution in [1.29, 1.82) is 0 Å². The Balaban J connectivity index is 1.89. The van der Waals surface area contributed by atoms with Crippen LogP contribution in [0.1, 0.15) is 30.9 Å². The number of likely N-dealkylation sites (N-methyl/N-ethyl adjacent to an activating group) is 1. The monoisotopic (exact) mass is 324 g/mol. The quantitative estimate of drug-likeness (QED) is 0.899. The van der Waals surface area contributed by atoms with Crippen LogP contribution in [0.25, 0.3) is 0 Å². The van der Waals surface area contributed by atoms with Crippen molar-refractivity contribution in [2.24, 2.45) is 0 Å². The van der Waals surface area contributed by atoms with Gasteiger partial charge in [-0.3, -0.25) is 9.59 Å². The number of aliphatic hydroxyl groups excluding tert-OH is 1. The van der Waals surface area contributed by atoms with Gasteiger partial charge in [-0.2, -0.15) is 0 Å². The highest BCUT2D eigenvalue weighted by atomic mass is 35.5. The zero-order chi connectivity index (χ0) is 16.1. The standard InChI is InChI=1S/C16H21ClN2O3/c1-18(9-10-19-8-3-2-7-14(19)20)16(22)15(21)12-5-4-6-13(17)11-12/h4-6,11,15,21H,2-3,7-10H2,1H3/t15-/m1/s1. The van der Waals surface area contributed by atoms with Crippen molar-refractivity contribution in [3.05, 3.63) is 34.9 Å². The molecule has 0 unspecified atom stereocenters. The molecule has 0 aromatic heterocycles. The Labute approximate surface area is 135 Å².